The molecule has 4 atom stereocenters. The Labute approximate surface area is 422 Å². The SMILES string of the molecule is C1=CC2C=CC=C(c3c4cccnc4c(-c4ccc5c(c4)C4(c6ccccc6-c6ccccc64)C4C=C(c6c7cccnc7c(-c7cccc8ccccc78)c7cccnc67)C=CC54)c4cccnc34)C2C=C1. The lowest BCUT2D eigenvalue weighted by molar-refractivity contribution is 0.467. The van der Waals surface area contributed by atoms with E-state index in [1.807, 2.05) is 24.8 Å². The van der Waals surface area contributed by atoms with Crippen LogP contribution in [0.5, 0.6) is 0 Å². The number of allylic oxidation sites excluding steroid dienone is 12. The summed E-state index contributed by atoms with van der Waals surface area (Å²) in [7, 11) is 0. The van der Waals surface area contributed by atoms with Crippen molar-refractivity contribution in [2.24, 2.45) is 17.8 Å². The zero-order chi connectivity index (χ0) is 47.8. The summed E-state index contributed by atoms with van der Waals surface area (Å²) in [6.45, 7) is 0. The predicted molar refractivity (Wildman–Crippen MR) is 300 cm³/mol. The van der Waals surface area contributed by atoms with E-state index >= 15 is 0 Å². The number of rotatable bonds is 4. The summed E-state index contributed by atoms with van der Waals surface area (Å²) in [5.74, 6) is 0.667. The molecule has 4 nitrogen and oxygen atoms in total. The number of hydrogen-bond acceptors (Lipinski definition) is 4. The van der Waals surface area contributed by atoms with E-state index < -0.39 is 5.41 Å². The fraction of sp³-hybridized carbons (Fsp3) is 0.0725. The van der Waals surface area contributed by atoms with E-state index in [0.717, 1.165) is 71.4 Å². The third kappa shape index (κ3) is 5.55. The van der Waals surface area contributed by atoms with Gasteiger partial charge in [0.15, 0.2) is 0 Å². The zero-order valence-corrected chi connectivity index (χ0v) is 39.7. The highest BCUT2D eigenvalue weighted by atomic mass is 14.7. The quantitative estimate of drug-likeness (QED) is 0.165. The first kappa shape index (κ1) is 40.6. The molecule has 0 N–H and O–H groups in total. The monoisotopic (exact) mass is 928 g/mol. The zero-order valence-electron chi connectivity index (χ0n) is 39.7. The van der Waals surface area contributed by atoms with Gasteiger partial charge >= 0.3 is 0 Å². The van der Waals surface area contributed by atoms with E-state index in [1.54, 1.807) is 0 Å². The summed E-state index contributed by atoms with van der Waals surface area (Å²) < 4.78 is 0. The first-order chi connectivity index (χ1) is 36.3. The Morgan fingerprint density at radius 2 is 0.959 bits per heavy atom. The molecule has 16 rings (SSSR count). The summed E-state index contributed by atoms with van der Waals surface area (Å²) in [6.07, 6.45) is 31.1. The van der Waals surface area contributed by atoms with Crippen LogP contribution in [0.2, 0.25) is 0 Å². The van der Waals surface area contributed by atoms with Crippen molar-refractivity contribution in [1.29, 1.82) is 0 Å². The van der Waals surface area contributed by atoms with Crippen LogP contribution in [0.15, 0.2) is 243 Å². The Hall–Kier alpha value is -9.12. The maximum atomic E-state index is 5.29. The summed E-state index contributed by atoms with van der Waals surface area (Å²) in [6, 6.07) is 58.2. The van der Waals surface area contributed by atoms with Gasteiger partial charge in [-0.3, -0.25) is 19.9 Å². The Bertz CT molecular complexity index is 4270. The fourth-order valence-electron chi connectivity index (χ4n) is 14.1. The maximum absolute atomic E-state index is 5.29. The predicted octanol–water partition coefficient (Wildman–Crippen LogP) is 16.4. The van der Waals surface area contributed by atoms with Crippen LogP contribution in [-0.4, -0.2) is 19.9 Å². The lowest BCUT2D eigenvalue weighted by Gasteiger charge is -2.37. The normalized spacial score (nSPS) is 19.6. The van der Waals surface area contributed by atoms with Gasteiger partial charge < -0.3 is 0 Å². The molecule has 0 saturated heterocycles. The molecule has 1 spiro atoms. The molecule has 0 aliphatic heterocycles. The number of hydrogen-bond donors (Lipinski definition) is 0. The second-order valence-corrected chi connectivity index (χ2v) is 20.2. The van der Waals surface area contributed by atoms with Crippen LogP contribution < -0.4 is 0 Å². The molecule has 73 heavy (non-hydrogen) atoms. The fourth-order valence-corrected chi connectivity index (χ4v) is 14.1. The largest absolute Gasteiger partial charge is 0.256 e. The lowest BCUT2D eigenvalue weighted by atomic mass is 9.64. The van der Waals surface area contributed by atoms with Crippen LogP contribution in [0.1, 0.15) is 39.3 Å². The van der Waals surface area contributed by atoms with E-state index in [0.29, 0.717) is 5.92 Å². The van der Waals surface area contributed by atoms with Crippen LogP contribution in [0.4, 0.5) is 0 Å². The second-order valence-electron chi connectivity index (χ2n) is 20.2. The van der Waals surface area contributed by atoms with Gasteiger partial charge in [-0.05, 0) is 96.8 Å². The van der Waals surface area contributed by atoms with E-state index in [1.165, 1.54) is 60.9 Å². The van der Waals surface area contributed by atoms with Gasteiger partial charge in [0.2, 0.25) is 0 Å². The minimum atomic E-state index is -0.508. The van der Waals surface area contributed by atoms with Gasteiger partial charge in [0.05, 0.1) is 27.5 Å². The summed E-state index contributed by atoms with van der Waals surface area (Å²) in [5.41, 5.74) is 20.7. The molecule has 0 amide bonds. The van der Waals surface area contributed by atoms with Crippen molar-refractivity contribution in [3.05, 3.63) is 277 Å². The van der Waals surface area contributed by atoms with Crippen molar-refractivity contribution >= 4 is 65.5 Å². The van der Waals surface area contributed by atoms with Crippen molar-refractivity contribution in [3.63, 3.8) is 0 Å². The molecule has 4 heterocycles. The summed E-state index contributed by atoms with van der Waals surface area (Å²) in [5, 5.41) is 6.83. The van der Waals surface area contributed by atoms with Crippen molar-refractivity contribution in [2.75, 3.05) is 0 Å². The van der Waals surface area contributed by atoms with Crippen molar-refractivity contribution in [2.45, 2.75) is 11.3 Å². The number of nitrogens with zero attached hydrogens (tertiary/aromatic N) is 4. The average molecular weight is 929 g/mol. The van der Waals surface area contributed by atoms with Gasteiger partial charge in [0, 0.05) is 92.3 Å². The molecule has 7 aromatic carbocycles. The van der Waals surface area contributed by atoms with Crippen molar-refractivity contribution in [1.82, 2.24) is 19.9 Å². The number of pyridine rings is 4. The Balaban J connectivity index is 0.945. The molecule has 4 aromatic heterocycles. The third-order valence-electron chi connectivity index (χ3n) is 16.9. The molecule has 5 aliphatic carbocycles. The Morgan fingerprint density at radius 1 is 0.397 bits per heavy atom. The lowest BCUT2D eigenvalue weighted by Crippen LogP contribution is -2.33. The Morgan fingerprint density at radius 3 is 1.71 bits per heavy atom. The molecule has 0 fully saturated rings. The molecule has 340 valence electrons. The Kier molecular flexibility index (Phi) is 8.59. The molecular formula is C69H44N4. The minimum absolute atomic E-state index is 0.0401. The van der Waals surface area contributed by atoms with Gasteiger partial charge in [0.1, 0.15) is 0 Å². The topological polar surface area (TPSA) is 51.6 Å². The van der Waals surface area contributed by atoms with Gasteiger partial charge in [-0.2, -0.15) is 0 Å². The van der Waals surface area contributed by atoms with Gasteiger partial charge in [0.25, 0.3) is 0 Å². The second kappa shape index (κ2) is 15.4. The highest BCUT2D eigenvalue weighted by molar-refractivity contribution is 6.20. The molecule has 0 radical (unpaired) electrons. The van der Waals surface area contributed by atoms with E-state index in [-0.39, 0.29) is 17.8 Å². The van der Waals surface area contributed by atoms with Crippen LogP contribution in [-0.2, 0) is 5.41 Å². The van der Waals surface area contributed by atoms with Crippen LogP contribution in [0.25, 0.3) is 98.9 Å². The van der Waals surface area contributed by atoms with Gasteiger partial charge in [-0.25, -0.2) is 0 Å². The van der Waals surface area contributed by atoms with Crippen LogP contribution in [0, 0.1) is 17.8 Å². The first-order valence-corrected chi connectivity index (χ1v) is 25.5. The minimum Gasteiger partial charge on any atom is -0.256 e. The van der Waals surface area contributed by atoms with Gasteiger partial charge in [-0.1, -0.05) is 188 Å². The van der Waals surface area contributed by atoms with Gasteiger partial charge in [-0.15, -0.1) is 0 Å². The van der Waals surface area contributed by atoms with Crippen molar-refractivity contribution < 1.29 is 0 Å². The number of fused-ring (bicyclic) bond motifs is 16. The van der Waals surface area contributed by atoms with E-state index in [4.69, 9.17) is 19.9 Å². The van der Waals surface area contributed by atoms with E-state index in [2.05, 4.69) is 218 Å². The van der Waals surface area contributed by atoms with Crippen LogP contribution >= 0.6 is 0 Å². The number of benzene rings is 7. The summed E-state index contributed by atoms with van der Waals surface area (Å²) >= 11 is 0. The molecular weight excluding hydrogens is 885 g/mol. The molecule has 4 heteroatoms. The standard InChI is InChI=1S/C69H44N4/c1-3-19-45-41(15-1)17-9-23-51(45)63-55-27-13-35-70-65(55)61(53-25-11-37-72-67(53)63)43-31-33-49-50-34-32-44(40-60(50)69(59(49)39-43)57-29-7-5-21-47(57)48-22-6-8-30-58(48)69)62-54-26-12-38-73-68(54)64(56-28-14-36-71-66(56)62)52-24-10-18-42-16-2-4-20-46(42)52/h1-41,45,50,60H. The highest BCUT2D eigenvalue weighted by Gasteiger charge is 2.57. The average Bonchev–Trinajstić information content (AvgIpc) is 3.92. The summed E-state index contributed by atoms with van der Waals surface area (Å²) in [4.78, 5) is 21.1. The molecule has 11 aromatic rings. The first-order valence-electron chi connectivity index (χ1n) is 25.5. The molecule has 5 aliphatic rings. The third-order valence-corrected chi connectivity index (χ3v) is 16.9. The smallest absolute Gasteiger partial charge is 0.0794 e. The molecule has 0 bridgehead atoms. The number of aromatic nitrogens is 4. The maximum Gasteiger partial charge on any atom is 0.0794 e. The highest BCUT2D eigenvalue weighted by Crippen LogP contribution is 2.66. The van der Waals surface area contributed by atoms with Crippen molar-refractivity contribution in [3.8, 4) is 33.4 Å². The molecule has 4 unspecified atom stereocenters. The van der Waals surface area contributed by atoms with E-state index in [9.17, 15) is 0 Å². The molecule has 0 saturated carbocycles. The van der Waals surface area contributed by atoms with Crippen LogP contribution in [0.3, 0.4) is 0 Å².